The van der Waals surface area contributed by atoms with E-state index in [1.54, 1.807) is 0 Å². The molecule has 0 radical (unpaired) electrons. The summed E-state index contributed by atoms with van der Waals surface area (Å²) in [5.74, 6) is -0.225. The van der Waals surface area contributed by atoms with Crippen molar-refractivity contribution in [3.8, 4) is 11.3 Å². The van der Waals surface area contributed by atoms with Crippen LogP contribution in [0.4, 0.5) is 5.13 Å². The van der Waals surface area contributed by atoms with Gasteiger partial charge in [-0.25, -0.2) is 4.98 Å². The molecule has 1 saturated heterocycles. The zero-order chi connectivity index (χ0) is 19.5. The van der Waals surface area contributed by atoms with Gasteiger partial charge in [0.25, 0.3) is 0 Å². The lowest BCUT2D eigenvalue weighted by Gasteiger charge is -2.31. The van der Waals surface area contributed by atoms with Crippen LogP contribution in [0.2, 0.25) is 0 Å². The molecule has 4 rings (SSSR count). The quantitative estimate of drug-likeness (QED) is 0.808. The number of aromatic nitrogens is 1. The number of carbonyl (C=O) groups is 2. The lowest BCUT2D eigenvalue weighted by Crippen LogP contribution is -2.38. The fourth-order valence-corrected chi connectivity index (χ4v) is 5.25. The predicted molar refractivity (Wildman–Crippen MR) is 112 cm³/mol. The smallest absolute Gasteiger partial charge is 0.231 e. The number of rotatable bonds is 5. The highest BCUT2D eigenvalue weighted by atomic mass is 32.1. The van der Waals surface area contributed by atoms with E-state index in [0.717, 1.165) is 35.4 Å². The van der Waals surface area contributed by atoms with Gasteiger partial charge in [0.1, 0.15) is 0 Å². The number of aryl methyl sites for hydroxylation is 1. The number of carbonyl (C=O) groups excluding carboxylic acids is 2. The first-order chi connectivity index (χ1) is 13.7. The Bertz CT molecular complexity index is 843. The van der Waals surface area contributed by atoms with E-state index in [1.165, 1.54) is 30.6 Å². The van der Waals surface area contributed by atoms with Crippen molar-refractivity contribution >= 4 is 28.3 Å². The Morgan fingerprint density at radius 1 is 1.21 bits per heavy atom. The van der Waals surface area contributed by atoms with E-state index in [2.05, 4.69) is 17.2 Å². The van der Waals surface area contributed by atoms with E-state index in [0.29, 0.717) is 24.1 Å². The Balaban J connectivity index is 1.44. The molecular weight excluding hydrogens is 370 g/mol. The summed E-state index contributed by atoms with van der Waals surface area (Å²) in [7, 11) is 0. The topological polar surface area (TPSA) is 62.3 Å². The van der Waals surface area contributed by atoms with Crippen molar-refractivity contribution in [2.75, 3.05) is 11.9 Å². The third-order valence-corrected chi connectivity index (χ3v) is 6.96. The van der Waals surface area contributed by atoms with E-state index in [4.69, 9.17) is 0 Å². The molecule has 0 spiro atoms. The van der Waals surface area contributed by atoms with E-state index >= 15 is 0 Å². The van der Waals surface area contributed by atoms with Crippen LogP contribution in [-0.2, 0) is 16.0 Å². The molecule has 5 nitrogen and oxygen atoms in total. The predicted octanol–water partition coefficient (Wildman–Crippen LogP) is 4.49. The van der Waals surface area contributed by atoms with Crippen LogP contribution >= 0.6 is 11.3 Å². The normalized spacial score (nSPS) is 20.5. The number of hydrogen-bond acceptors (Lipinski definition) is 4. The average molecular weight is 398 g/mol. The molecule has 2 aromatic rings. The molecule has 1 atom stereocenters. The second kappa shape index (κ2) is 8.43. The van der Waals surface area contributed by atoms with Crippen molar-refractivity contribution in [2.24, 2.45) is 5.92 Å². The highest BCUT2D eigenvalue weighted by Gasteiger charge is 2.38. The Kier molecular flexibility index (Phi) is 5.76. The van der Waals surface area contributed by atoms with Crippen LogP contribution in [0.1, 0.15) is 50.3 Å². The zero-order valence-corrected chi connectivity index (χ0v) is 17.1. The maximum absolute atomic E-state index is 12.8. The first-order valence-corrected chi connectivity index (χ1v) is 11.1. The summed E-state index contributed by atoms with van der Waals surface area (Å²) in [6.45, 7) is 2.65. The van der Waals surface area contributed by atoms with E-state index < -0.39 is 0 Å². The molecular formula is C22H27N3O2S. The summed E-state index contributed by atoms with van der Waals surface area (Å²) >= 11 is 1.53. The molecule has 2 amide bonds. The number of nitrogens with one attached hydrogen (secondary N) is 1. The molecule has 2 fully saturated rings. The molecule has 28 heavy (non-hydrogen) atoms. The number of benzene rings is 1. The highest BCUT2D eigenvalue weighted by molar-refractivity contribution is 7.16. The molecule has 148 valence electrons. The molecule has 1 aromatic carbocycles. The minimum atomic E-state index is -0.274. The van der Waals surface area contributed by atoms with Gasteiger partial charge in [-0.3, -0.25) is 9.59 Å². The van der Waals surface area contributed by atoms with Gasteiger partial charge in [0.2, 0.25) is 11.8 Å². The zero-order valence-electron chi connectivity index (χ0n) is 16.3. The first kappa shape index (κ1) is 19.1. The summed E-state index contributed by atoms with van der Waals surface area (Å²) in [4.78, 5) is 33.1. The molecule has 0 bridgehead atoms. The van der Waals surface area contributed by atoms with Crippen LogP contribution < -0.4 is 5.32 Å². The number of nitrogens with zero attached hydrogens (tertiary/aromatic N) is 2. The minimum absolute atomic E-state index is 0.0809. The van der Waals surface area contributed by atoms with Gasteiger partial charge in [0.15, 0.2) is 5.13 Å². The Hall–Kier alpha value is -2.21. The van der Waals surface area contributed by atoms with Crippen molar-refractivity contribution in [1.29, 1.82) is 0 Å². The number of anilines is 1. The lowest BCUT2D eigenvalue weighted by molar-refractivity contribution is -0.130. The molecule has 1 N–H and O–H groups in total. The Labute approximate surface area is 170 Å². The van der Waals surface area contributed by atoms with Crippen LogP contribution in [0.25, 0.3) is 11.3 Å². The van der Waals surface area contributed by atoms with Crippen LogP contribution in [0, 0.1) is 5.92 Å². The van der Waals surface area contributed by atoms with Crippen molar-refractivity contribution < 1.29 is 9.59 Å². The third kappa shape index (κ3) is 3.97. The Morgan fingerprint density at radius 3 is 2.68 bits per heavy atom. The number of amides is 2. The summed E-state index contributed by atoms with van der Waals surface area (Å²) < 4.78 is 0. The molecule has 1 unspecified atom stereocenters. The van der Waals surface area contributed by atoms with Gasteiger partial charge < -0.3 is 10.2 Å². The fraction of sp³-hybridized carbons (Fsp3) is 0.500. The third-order valence-electron chi connectivity index (χ3n) is 5.84. The summed E-state index contributed by atoms with van der Waals surface area (Å²) in [5, 5.41) is 3.61. The van der Waals surface area contributed by atoms with Crippen molar-refractivity contribution in [2.45, 2.75) is 57.9 Å². The van der Waals surface area contributed by atoms with Gasteiger partial charge in [-0.05, 0) is 19.3 Å². The van der Waals surface area contributed by atoms with Gasteiger partial charge >= 0.3 is 0 Å². The Morgan fingerprint density at radius 2 is 1.96 bits per heavy atom. The number of likely N-dealkylation sites (tertiary alicyclic amines) is 1. The van der Waals surface area contributed by atoms with Gasteiger partial charge in [-0.1, -0.05) is 56.5 Å². The van der Waals surface area contributed by atoms with E-state index in [9.17, 15) is 9.59 Å². The van der Waals surface area contributed by atoms with E-state index in [1.807, 2.05) is 35.2 Å². The van der Waals surface area contributed by atoms with Crippen molar-refractivity contribution in [1.82, 2.24) is 9.88 Å². The standard InChI is InChI=1S/C22H27N3O2S/c1-2-18-20(15-9-5-3-6-10-15)23-22(28-18)24-21(27)16-13-19(26)25(14-16)17-11-7-4-8-12-17/h3,5-6,9-10,16-17H,2,4,7-8,11-14H2,1H3,(H,23,24,27). The molecule has 1 aromatic heterocycles. The second-order valence-corrected chi connectivity index (χ2v) is 8.82. The number of thiazole rings is 1. The molecule has 6 heteroatoms. The molecule has 2 aliphatic rings. The first-order valence-electron chi connectivity index (χ1n) is 10.3. The van der Waals surface area contributed by atoms with Gasteiger partial charge in [-0.15, -0.1) is 11.3 Å². The van der Waals surface area contributed by atoms with Crippen LogP contribution in [0.15, 0.2) is 30.3 Å². The van der Waals surface area contributed by atoms with E-state index in [-0.39, 0.29) is 17.7 Å². The highest BCUT2D eigenvalue weighted by Crippen LogP contribution is 2.33. The van der Waals surface area contributed by atoms with Crippen molar-refractivity contribution in [3.05, 3.63) is 35.2 Å². The minimum Gasteiger partial charge on any atom is -0.339 e. The fourth-order valence-electron chi connectivity index (χ4n) is 4.33. The average Bonchev–Trinajstić information content (AvgIpc) is 3.32. The summed E-state index contributed by atoms with van der Waals surface area (Å²) in [5.41, 5.74) is 2.00. The van der Waals surface area contributed by atoms with Gasteiger partial charge in [0.05, 0.1) is 11.6 Å². The van der Waals surface area contributed by atoms with Crippen molar-refractivity contribution in [3.63, 3.8) is 0 Å². The van der Waals surface area contributed by atoms with Crippen LogP contribution in [0.3, 0.4) is 0 Å². The molecule has 1 aliphatic heterocycles. The van der Waals surface area contributed by atoms with Gasteiger partial charge in [0, 0.05) is 29.4 Å². The summed E-state index contributed by atoms with van der Waals surface area (Å²) in [6.07, 6.45) is 6.98. The molecule has 1 saturated carbocycles. The maximum atomic E-state index is 12.8. The lowest BCUT2D eigenvalue weighted by atomic mass is 9.94. The second-order valence-electron chi connectivity index (χ2n) is 7.74. The number of hydrogen-bond donors (Lipinski definition) is 1. The molecule has 2 heterocycles. The van der Waals surface area contributed by atoms with Gasteiger partial charge in [-0.2, -0.15) is 0 Å². The van der Waals surface area contributed by atoms with Crippen LogP contribution in [0.5, 0.6) is 0 Å². The maximum Gasteiger partial charge on any atom is 0.231 e. The summed E-state index contributed by atoms with van der Waals surface area (Å²) in [6, 6.07) is 10.4. The molecule has 1 aliphatic carbocycles. The van der Waals surface area contributed by atoms with Crippen LogP contribution in [-0.4, -0.2) is 34.3 Å². The SMILES string of the molecule is CCc1sc(NC(=O)C2CC(=O)N(C3CCCCC3)C2)nc1-c1ccccc1. The monoisotopic (exact) mass is 397 g/mol. The largest absolute Gasteiger partial charge is 0.339 e.